The molecule has 1 heterocycles. The molecule has 0 saturated carbocycles. The van der Waals surface area contributed by atoms with E-state index in [0.717, 1.165) is 6.42 Å². The molecule has 1 N–H and O–H groups in total. The lowest BCUT2D eigenvalue weighted by Gasteiger charge is -2.13. The van der Waals surface area contributed by atoms with Gasteiger partial charge in [0.2, 0.25) is 0 Å². The minimum absolute atomic E-state index is 0.419. The van der Waals surface area contributed by atoms with E-state index in [9.17, 15) is 0 Å². The maximum Gasteiger partial charge on any atom is 0.0303 e. The highest BCUT2D eigenvalue weighted by atomic mass is 14.9. The number of aryl methyl sites for hydroxylation is 1. The molecule has 0 aliphatic heterocycles. The van der Waals surface area contributed by atoms with Crippen molar-refractivity contribution in [3.05, 3.63) is 29.6 Å². The SMILES string of the molecule is CCc1cnccc1C(C)NC. The van der Waals surface area contributed by atoms with E-state index < -0.39 is 0 Å². The van der Waals surface area contributed by atoms with Gasteiger partial charge < -0.3 is 5.32 Å². The van der Waals surface area contributed by atoms with E-state index in [2.05, 4.69) is 30.2 Å². The maximum absolute atomic E-state index is 4.11. The van der Waals surface area contributed by atoms with E-state index in [-0.39, 0.29) is 0 Å². The molecule has 0 amide bonds. The first-order chi connectivity index (χ1) is 5.79. The number of pyridine rings is 1. The second-order valence-electron chi connectivity index (χ2n) is 2.94. The molecule has 0 saturated heterocycles. The predicted molar refractivity (Wildman–Crippen MR) is 51.1 cm³/mol. The zero-order chi connectivity index (χ0) is 8.97. The van der Waals surface area contributed by atoms with E-state index in [1.165, 1.54) is 11.1 Å². The van der Waals surface area contributed by atoms with Gasteiger partial charge in [-0.05, 0) is 37.6 Å². The minimum atomic E-state index is 0.419. The Morgan fingerprint density at radius 1 is 1.58 bits per heavy atom. The lowest BCUT2D eigenvalue weighted by molar-refractivity contribution is 0.644. The van der Waals surface area contributed by atoms with Gasteiger partial charge in [-0.3, -0.25) is 4.98 Å². The number of aromatic nitrogens is 1. The number of rotatable bonds is 3. The van der Waals surface area contributed by atoms with E-state index in [0.29, 0.717) is 6.04 Å². The molecule has 1 atom stereocenters. The molecule has 0 bridgehead atoms. The Labute approximate surface area is 74.0 Å². The summed E-state index contributed by atoms with van der Waals surface area (Å²) in [5.74, 6) is 0. The summed E-state index contributed by atoms with van der Waals surface area (Å²) in [6.45, 7) is 4.32. The largest absolute Gasteiger partial charge is 0.313 e. The van der Waals surface area contributed by atoms with Crippen molar-refractivity contribution >= 4 is 0 Å². The number of hydrogen-bond donors (Lipinski definition) is 1. The topological polar surface area (TPSA) is 24.9 Å². The van der Waals surface area contributed by atoms with E-state index in [4.69, 9.17) is 0 Å². The van der Waals surface area contributed by atoms with Crippen LogP contribution in [0.4, 0.5) is 0 Å². The van der Waals surface area contributed by atoms with Crippen molar-refractivity contribution in [2.45, 2.75) is 26.3 Å². The molecule has 0 fully saturated rings. The van der Waals surface area contributed by atoms with Crippen LogP contribution in [-0.4, -0.2) is 12.0 Å². The van der Waals surface area contributed by atoms with Crippen molar-refractivity contribution in [1.29, 1.82) is 0 Å². The third-order valence-electron chi connectivity index (χ3n) is 2.22. The average molecular weight is 164 g/mol. The van der Waals surface area contributed by atoms with Gasteiger partial charge in [-0.1, -0.05) is 6.92 Å². The van der Waals surface area contributed by atoms with Crippen LogP contribution in [0.15, 0.2) is 18.5 Å². The van der Waals surface area contributed by atoms with Crippen molar-refractivity contribution in [3.63, 3.8) is 0 Å². The number of nitrogens with one attached hydrogen (secondary N) is 1. The third kappa shape index (κ3) is 1.83. The smallest absolute Gasteiger partial charge is 0.0303 e. The molecule has 0 spiro atoms. The second-order valence-corrected chi connectivity index (χ2v) is 2.94. The van der Waals surface area contributed by atoms with Crippen LogP contribution in [0.3, 0.4) is 0 Å². The molecule has 1 rings (SSSR count). The Kier molecular flexibility index (Phi) is 3.23. The molecule has 1 aromatic heterocycles. The third-order valence-corrected chi connectivity index (χ3v) is 2.22. The van der Waals surface area contributed by atoms with Gasteiger partial charge in [-0.15, -0.1) is 0 Å². The Morgan fingerprint density at radius 3 is 2.92 bits per heavy atom. The van der Waals surface area contributed by atoms with Gasteiger partial charge in [0, 0.05) is 18.4 Å². The summed E-state index contributed by atoms with van der Waals surface area (Å²) in [7, 11) is 1.98. The van der Waals surface area contributed by atoms with Gasteiger partial charge in [0.25, 0.3) is 0 Å². The van der Waals surface area contributed by atoms with Crippen LogP contribution in [0.2, 0.25) is 0 Å². The van der Waals surface area contributed by atoms with E-state index >= 15 is 0 Å². The normalized spacial score (nSPS) is 12.9. The highest BCUT2D eigenvalue weighted by Crippen LogP contribution is 2.16. The van der Waals surface area contributed by atoms with E-state index in [1.54, 1.807) is 0 Å². The van der Waals surface area contributed by atoms with Crippen LogP contribution in [0.25, 0.3) is 0 Å². The summed E-state index contributed by atoms with van der Waals surface area (Å²) >= 11 is 0. The summed E-state index contributed by atoms with van der Waals surface area (Å²) in [5, 5.41) is 3.23. The number of nitrogens with zero attached hydrogens (tertiary/aromatic N) is 1. The summed E-state index contributed by atoms with van der Waals surface area (Å²) < 4.78 is 0. The Morgan fingerprint density at radius 2 is 2.33 bits per heavy atom. The summed E-state index contributed by atoms with van der Waals surface area (Å²) in [6, 6.07) is 2.50. The van der Waals surface area contributed by atoms with Crippen molar-refractivity contribution < 1.29 is 0 Å². The predicted octanol–water partition coefficient (Wildman–Crippen LogP) is 1.92. The molecule has 12 heavy (non-hydrogen) atoms. The first kappa shape index (κ1) is 9.20. The Bertz CT molecular complexity index is 245. The van der Waals surface area contributed by atoms with Crippen molar-refractivity contribution in [2.75, 3.05) is 7.05 Å². The van der Waals surface area contributed by atoms with Crippen LogP contribution in [0, 0.1) is 0 Å². The molecule has 0 aliphatic carbocycles. The molecule has 2 heteroatoms. The fourth-order valence-electron chi connectivity index (χ4n) is 1.31. The number of hydrogen-bond acceptors (Lipinski definition) is 2. The van der Waals surface area contributed by atoms with Crippen molar-refractivity contribution in [3.8, 4) is 0 Å². The molecule has 0 aliphatic rings. The first-order valence-electron chi connectivity index (χ1n) is 4.39. The van der Waals surface area contributed by atoms with E-state index in [1.807, 2.05) is 19.4 Å². The van der Waals surface area contributed by atoms with Crippen LogP contribution < -0.4 is 5.32 Å². The Balaban J connectivity index is 2.96. The van der Waals surface area contributed by atoms with Gasteiger partial charge in [-0.25, -0.2) is 0 Å². The zero-order valence-electron chi connectivity index (χ0n) is 7.96. The zero-order valence-corrected chi connectivity index (χ0v) is 7.96. The van der Waals surface area contributed by atoms with Crippen molar-refractivity contribution in [2.24, 2.45) is 0 Å². The molecule has 1 unspecified atom stereocenters. The molecular formula is C10H16N2. The maximum atomic E-state index is 4.11. The average Bonchev–Trinajstić information content (AvgIpc) is 2.16. The quantitative estimate of drug-likeness (QED) is 0.738. The fraction of sp³-hybridized carbons (Fsp3) is 0.500. The van der Waals surface area contributed by atoms with Crippen molar-refractivity contribution in [1.82, 2.24) is 10.3 Å². The molecule has 2 nitrogen and oxygen atoms in total. The highest BCUT2D eigenvalue weighted by Gasteiger charge is 2.05. The van der Waals surface area contributed by atoms with Gasteiger partial charge in [-0.2, -0.15) is 0 Å². The van der Waals surface area contributed by atoms with Crippen LogP contribution in [0.1, 0.15) is 31.0 Å². The van der Waals surface area contributed by atoms with Gasteiger partial charge in [0.05, 0.1) is 0 Å². The van der Waals surface area contributed by atoms with Gasteiger partial charge >= 0.3 is 0 Å². The lowest BCUT2D eigenvalue weighted by atomic mass is 10.0. The standard InChI is InChI=1S/C10H16N2/c1-4-9-7-12-6-5-10(9)8(2)11-3/h5-8,11H,4H2,1-3H3. The molecule has 0 radical (unpaired) electrons. The molecular weight excluding hydrogens is 148 g/mol. The monoisotopic (exact) mass is 164 g/mol. The summed E-state index contributed by atoms with van der Waals surface area (Å²) in [5.41, 5.74) is 2.69. The van der Waals surface area contributed by atoms with Crippen LogP contribution in [0.5, 0.6) is 0 Å². The van der Waals surface area contributed by atoms with Crippen LogP contribution in [-0.2, 0) is 6.42 Å². The second kappa shape index (κ2) is 4.21. The fourth-order valence-corrected chi connectivity index (χ4v) is 1.31. The summed E-state index contributed by atoms with van der Waals surface area (Å²) in [4.78, 5) is 4.11. The summed E-state index contributed by atoms with van der Waals surface area (Å²) in [6.07, 6.45) is 4.85. The van der Waals surface area contributed by atoms with Crippen LogP contribution >= 0.6 is 0 Å². The lowest BCUT2D eigenvalue weighted by Crippen LogP contribution is -2.14. The van der Waals surface area contributed by atoms with Gasteiger partial charge in [0.1, 0.15) is 0 Å². The first-order valence-corrected chi connectivity index (χ1v) is 4.39. The Hall–Kier alpha value is -0.890. The molecule has 66 valence electrons. The molecule has 0 aromatic carbocycles. The van der Waals surface area contributed by atoms with Gasteiger partial charge in [0.15, 0.2) is 0 Å². The molecule has 1 aromatic rings. The minimum Gasteiger partial charge on any atom is -0.313 e. The highest BCUT2D eigenvalue weighted by molar-refractivity contribution is 5.25.